The van der Waals surface area contributed by atoms with E-state index < -0.39 is 0 Å². The summed E-state index contributed by atoms with van der Waals surface area (Å²) in [5.74, 6) is 0.125. The van der Waals surface area contributed by atoms with Crippen LogP contribution in [0.2, 0.25) is 0 Å². The van der Waals surface area contributed by atoms with Crippen LogP contribution in [0.15, 0.2) is 0 Å². The Kier molecular flexibility index (Phi) is 7.67. The molecule has 0 unspecified atom stereocenters. The molecule has 11 N–H and O–H groups in total. The Morgan fingerprint density at radius 2 is 1.06 bits per heavy atom. The van der Waals surface area contributed by atoms with E-state index >= 15 is 0 Å². The number of rotatable bonds is 4. The predicted octanol–water partition coefficient (Wildman–Crippen LogP) is -2.89. The van der Waals surface area contributed by atoms with Gasteiger partial charge < -0.3 is 34.0 Å². The summed E-state index contributed by atoms with van der Waals surface area (Å²) >= 11 is 0. The van der Waals surface area contributed by atoms with Gasteiger partial charge in [0.05, 0.1) is 0 Å². The molecule has 0 saturated heterocycles. The summed E-state index contributed by atoms with van der Waals surface area (Å²) in [5, 5.41) is 3.03. The van der Waals surface area contributed by atoms with Crippen molar-refractivity contribution in [1.29, 1.82) is 0 Å². The molecule has 0 spiro atoms. The minimum atomic E-state index is 0.0417. The van der Waals surface area contributed by atoms with Gasteiger partial charge in [-0.05, 0) is 0 Å². The van der Waals surface area contributed by atoms with Crippen molar-refractivity contribution >= 4 is 17.8 Å². The van der Waals surface area contributed by atoms with Crippen molar-refractivity contribution in [3.8, 4) is 0 Å². The van der Waals surface area contributed by atoms with Gasteiger partial charge in [-0.1, -0.05) is 0 Å². The lowest BCUT2D eigenvalue weighted by atomic mass is 10.6. The van der Waals surface area contributed by atoms with Gasteiger partial charge in [0.2, 0.25) is 17.8 Å². The Bertz CT molecular complexity index is 235. The third kappa shape index (κ3) is 7.67. The maximum absolute atomic E-state index is 5.17. The first-order valence-electron chi connectivity index (χ1n) is 4.73. The molecule has 0 amide bonds. The summed E-state index contributed by atoms with van der Waals surface area (Å²) in [6.45, 7) is 3.13. The highest BCUT2D eigenvalue weighted by Gasteiger charge is 1.93. The zero-order chi connectivity index (χ0) is 12.4. The molecular formula is C7H19N9. The van der Waals surface area contributed by atoms with Gasteiger partial charge in [-0.15, -0.1) is 0 Å². The van der Waals surface area contributed by atoms with Crippen LogP contribution in [-0.4, -0.2) is 41.1 Å². The molecule has 0 aliphatic carbocycles. The van der Waals surface area contributed by atoms with Crippen molar-refractivity contribution in [2.45, 2.75) is 0 Å². The van der Waals surface area contributed by atoms with Crippen molar-refractivity contribution in [1.82, 2.24) is 20.3 Å². The minimum Gasteiger partial charge on any atom is -0.368 e. The molecule has 0 atom stereocenters. The second kappa shape index (κ2) is 8.59. The molecule has 0 aliphatic rings. The van der Waals surface area contributed by atoms with Crippen LogP contribution in [0, 0.1) is 0 Å². The fourth-order valence-electron chi connectivity index (χ4n) is 0.756. The van der Waals surface area contributed by atoms with E-state index in [4.69, 9.17) is 28.7 Å². The van der Waals surface area contributed by atoms with E-state index in [1.165, 1.54) is 0 Å². The molecule has 1 aromatic rings. The standard InChI is InChI=1S/C4H13N3.C3H6N6/c5-1-3-7-4-2-6;4-1-7-2(5)9-3(6)8-1/h7H,1-6H2;(H6,4,5,6,7,8,9). The van der Waals surface area contributed by atoms with Crippen LogP contribution in [0.4, 0.5) is 17.8 Å². The highest BCUT2D eigenvalue weighted by Crippen LogP contribution is 1.97. The number of nitrogens with two attached hydrogens (primary N) is 5. The molecule has 0 aromatic carbocycles. The fraction of sp³-hybridized carbons (Fsp3) is 0.571. The second-order valence-electron chi connectivity index (χ2n) is 2.74. The zero-order valence-electron chi connectivity index (χ0n) is 9.06. The van der Waals surface area contributed by atoms with E-state index in [1.807, 2.05) is 0 Å². The lowest BCUT2D eigenvalue weighted by Gasteiger charge is -1.95. The topological polar surface area (TPSA) is 181 Å². The van der Waals surface area contributed by atoms with Gasteiger partial charge in [-0.2, -0.15) is 15.0 Å². The summed E-state index contributed by atoms with van der Waals surface area (Å²) in [7, 11) is 0. The van der Waals surface area contributed by atoms with Gasteiger partial charge in [-0.25, -0.2) is 0 Å². The van der Waals surface area contributed by atoms with E-state index in [1.54, 1.807) is 0 Å². The molecule has 0 fully saturated rings. The lowest BCUT2D eigenvalue weighted by molar-refractivity contribution is 0.696. The van der Waals surface area contributed by atoms with Crippen LogP contribution in [0.5, 0.6) is 0 Å². The van der Waals surface area contributed by atoms with Gasteiger partial charge >= 0.3 is 0 Å². The van der Waals surface area contributed by atoms with Gasteiger partial charge in [-0.3, -0.25) is 0 Å². The van der Waals surface area contributed by atoms with Crippen LogP contribution >= 0.6 is 0 Å². The third-order valence-corrected chi connectivity index (χ3v) is 1.33. The molecule has 9 heteroatoms. The first-order valence-corrected chi connectivity index (χ1v) is 4.73. The minimum absolute atomic E-state index is 0.0417. The van der Waals surface area contributed by atoms with Crippen LogP contribution in [-0.2, 0) is 0 Å². The molecular weight excluding hydrogens is 210 g/mol. The van der Waals surface area contributed by atoms with Gasteiger partial charge in [0.25, 0.3) is 0 Å². The monoisotopic (exact) mass is 229 g/mol. The number of hydrogen-bond donors (Lipinski definition) is 6. The Balaban J connectivity index is 0.000000293. The molecule has 9 nitrogen and oxygen atoms in total. The van der Waals surface area contributed by atoms with Crippen molar-refractivity contribution < 1.29 is 0 Å². The highest BCUT2D eigenvalue weighted by atomic mass is 15.2. The number of nitrogens with one attached hydrogen (secondary N) is 1. The van der Waals surface area contributed by atoms with Crippen molar-refractivity contribution in [2.24, 2.45) is 11.5 Å². The molecule has 0 aliphatic heterocycles. The van der Waals surface area contributed by atoms with Crippen molar-refractivity contribution in [3.05, 3.63) is 0 Å². The summed E-state index contributed by atoms with van der Waals surface area (Å²) in [6, 6.07) is 0. The number of aromatic nitrogens is 3. The van der Waals surface area contributed by atoms with E-state index in [-0.39, 0.29) is 17.8 Å². The van der Waals surface area contributed by atoms with Crippen LogP contribution in [0.25, 0.3) is 0 Å². The third-order valence-electron chi connectivity index (χ3n) is 1.33. The maximum Gasteiger partial charge on any atom is 0.226 e. The molecule has 0 radical (unpaired) electrons. The normalized spacial score (nSPS) is 9.38. The van der Waals surface area contributed by atoms with Gasteiger partial charge in [0, 0.05) is 26.2 Å². The Morgan fingerprint density at radius 3 is 1.31 bits per heavy atom. The van der Waals surface area contributed by atoms with Gasteiger partial charge in [0.1, 0.15) is 0 Å². The lowest BCUT2D eigenvalue weighted by Crippen LogP contribution is -2.27. The fourth-order valence-corrected chi connectivity index (χ4v) is 0.756. The molecule has 16 heavy (non-hydrogen) atoms. The smallest absolute Gasteiger partial charge is 0.226 e. The van der Waals surface area contributed by atoms with Gasteiger partial charge in [0.15, 0.2) is 0 Å². The second-order valence-corrected chi connectivity index (χ2v) is 2.74. The van der Waals surface area contributed by atoms with E-state index in [2.05, 4.69) is 20.3 Å². The first kappa shape index (κ1) is 14.3. The molecule has 1 rings (SSSR count). The van der Waals surface area contributed by atoms with E-state index in [0.717, 1.165) is 13.1 Å². The van der Waals surface area contributed by atoms with E-state index in [9.17, 15) is 0 Å². The number of nitrogens with zero attached hydrogens (tertiary/aromatic N) is 3. The molecule has 0 bridgehead atoms. The predicted molar refractivity (Wildman–Crippen MR) is 64.0 cm³/mol. The average Bonchev–Trinajstić information content (AvgIpc) is 2.17. The van der Waals surface area contributed by atoms with Crippen LogP contribution in [0.1, 0.15) is 0 Å². The van der Waals surface area contributed by atoms with E-state index in [0.29, 0.717) is 13.1 Å². The Morgan fingerprint density at radius 1 is 0.750 bits per heavy atom. The number of nitrogen functional groups attached to an aromatic ring is 3. The molecule has 0 saturated carbocycles. The summed E-state index contributed by atoms with van der Waals surface area (Å²) < 4.78 is 0. The SMILES string of the molecule is NCCNCCN.Nc1nc(N)nc(N)n1. The zero-order valence-corrected chi connectivity index (χ0v) is 9.06. The molecule has 1 aromatic heterocycles. The summed E-state index contributed by atoms with van der Waals surface area (Å²) in [6.07, 6.45) is 0. The highest BCUT2D eigenvalue weighted by molar-refractivity contribution is 5.33. The van der Waals surface area contributed by atoms with Crippen LogP contribution < -0.4 is 34.0 Å². The molecule has 92 valence electrons. The maximum atomic E-state index is 5.17. The number of anilines is 3. The quantitative estimate of drug-likeness (QED) is 0.295. The largest absolute Gasteiger partial charge is 0.368 e. The van der Waals surface area contributed by atoms with Crippen LogP contribution in [0.3, 0.4) is 0 Å². The Hall–Kier alpha value is -1.71. The van der Waals surface area contributed by atoms with Crippen molar-refractivity contribution in [2.75, 3.05) is 43.4 Å². The summed E-state index contributed by atoms with van der Waals surface area (Å²) in [5.41, 5.74) is 25.7. The first-order chi connectivity index (χ1) is 7.60. The average molecular weight is 229 g/mol. The molecule has 1 heterocycles. The Labute approximate surface area is 93.8 Å². The number of hydrogen-bond acceptors (Lipinski definition) is 9. The van der Waals surface area contributed by atoms with Crippen molar-refractivity contribution in [3.63, 3.8) is 0 Å². The summed E-state index contributed by atoms with van der Waals surface area (Å²) in [4.78, 5) is 10.5.